The zero-order valence-corrected chi connectivity index (χ0v) is 14.1. The second-order valence-corrected chi connectivity index (χ2v) is 8.77. The van der Waals surface area contributed by atoms with E-state index in [1.54, 1.807) is 24.3 Å². The highest BCUT2D eigenvalue weighted by molar-refractivity contribution is 9.10. The van der Waals surface area contributed by atoms with Crippen LogP contribution in [-0.4, -0.2) is 49.4 Å². The topological polar surface area (TPSA) is 57.6 Å². The number of rotatable bonds is 5. The zero-order valence-electron chi connectivity index (χ0n) is 11.7. The summed E-state index contributed by atoms with van der Waals surface area (Å²) >= 11 is 3.29. The number of hydrogen-bond donors (Lipinski definition) is 1. The lowest BCUT2D eigenvalue weighted by molar-refractivity contribution is -0.125. The van der Waals surface area contributed by atoms with Gasteiger partial charge in [0.05, 0.1) is 16.2 Å². The molecule has 0 aromatic heterocycles. The van der Waals surface area contributed by atoms with Gasteiger partial charge in [0.15, 0.2) is 9.84 Å². The Labute approximate surface area is 128 Å². The zero-order chi connectivity index (χ0) is 15.0. The van der Waals surface area contributed by atoms with Crippen molar-refractivity contribution in [3.05, 3.63) is 28.7 Å². The first-order chi connectivity index (χ1) is 9.23. The second kappa shape index (κ2) is 5.75. The SMILES string of the molecule is CC(C)C1(O)CN(CCS(=O)(=O)c2ccc(Br)cc2)C1. The van der Waals surface area contributed by atoms with Crippen LogP contribution in [0.3, 0.4) is 0 Å². The number of β-amino-alcohol motifs (C(OH)–C–C–N with tert-alkyl or cyclic N) is 1. The molecular formula is C14H20BrNO3S. The third-order valence-corrected chi connectivity index (χ3v) is 6.16. The summed E-state index contributed by atoms with van der Waals surface area (Å²) in [5, 5.41) is 10.1. The summed E-state index contributed by atoms with van der Waals surface area (Å²) in [6.45, 7) is 5.54. The first-order valence-corrected chi connectivity index (χ1v) is 9.10. The van der Waals surface area contributed by atoms with Gasteiger partial charge < -0.3 is 5.11 Å². The summed E-state index contributed by atoms with van der Waals surface area (Å²) in [6, 6.07) is 6.68. The molecule has 0 atom stereocenters. The summed E-state index contributed by atoms with van der Waals surface area (Å²) in [5.41, 5.74) is -0.651. The van der Waals surface area contributed by atoms with Crippen molar-refractivity contribution in [3.8, 4) is 0 Å². The fourth-order valence-electron chi connectivity index (χ4n) is 2.26. The standard InChI is InChI=1S/C14H20BrNO3S/c1-11(2)14(17)9-16(10-14)7-8-20(18,19)13-5-3-12(15)4-6-13/h3-6,11,17H,7-10H2,1-2H3. The van der Waals surface area contributed by atoms with Crippen molar-refractivity contribution in [2.45, 2.75) is 24.3 Å². The van der Waals surface area contributed by atoms with E-state index in [1.165, 1.54) is 0 Å². The van der Waals surface area contributed by atoms with E-state index in [0.717, 1.165) is 4.47 Å². The minimum atomic E-state index is -3.25. The lowest BCUT2D eigenvalue weighted by Gasteiger charge is -2.49. The quantitative estimate of drug-likeness (QED) is 0.870. The third-order valence-electron chi connectivity index (χ3n) is 3.92. The molecule has 0 saturated carbocycles. The highest BCUT2D eigenvalue weighted by Crippen LogP contribution is 2.28. The van der Waals surface area contributed by atoms with E-state index in [2.05, 4.69) is 15.9 Å². The molecule has 0 radical (unpaired) electrons. The summed E-state index contributed by atoms with van der Waals surface area (Å²) < 4.78 is 25.2. The summed E-state index contributed by atoms with van der Waals surface area (Å²) in [4.78, 5) is 2.33. The van der Waals surface area contributed by atoms with Crippen LogP contribution < -0.4 is 0 Å². The van der Waals surface area contributed by atoms with Gasteiger partial charge in [0.1, 0.15) is 0 Å². The van der Waals surface area contributed by atoms with E-state index in [-0.39, 0.29) is 11.7 Å². The minimum absolute atomic E-state index is 0.0861. The van der Waals surface area contributed by atoms with E-state index >= 15 is 0 Å². The van der Waals surface area contributed by atoms with Crippen LogP contribution in [0.1, 0.15) is 13.8 Å². The molecule has 112 valence electrons. The normalized spacial score (nSPS) is 19.1. The lowest BCUT2D eigenvalue weighted by Crippen LogP contribution is -2.64. The van der Waals surface area contributed by atoms with Crippen molar-refractivity contribution in [1.82, 2.24) is 4.90 Å². The molecule has 0 aliphatic carbocycles. The molecule has 1 aromatic carbocycles. The van der Waals surface area contributed by atoms with E-state index in [9.17, 15) is 13.5 Å². The number of aliphatic hydroxyl groups is 1. The summed E-state index contributed by atoms with van der Waals surface area (Å²) in [5.74, 6) is 0.282. The van der Waals surface area contributed by atoms with Crippen molar-refractivity contribution in [3.63, 3.8) is 0 Å². The molecule has 1 aliphatic heterocycles. The Morgan fingerprint density at radius 2 is 1.85 bits per heavy atom. The molecule has 1 aliphatic rings. The molecule has 6 heteroatoms. The average Bonchev–Trinajstić information content (AvgIpc) is 2.33. The first kappa shape index (κ1) is 15.9. The van der Waals surface area contributed by atoms with Crippen LogP contribution in [0.25, 0.3) is 0 Å². The van der Waals surface area contributed by atoms with Gasteiger partial charge in [-0.25, -0.2) is 8.42 Å². The Balaban J connectivity index is 1.90. The number of halogens is 1. The van der Waals surface area contributed by atoms with Gasteiger partial charge in [0.2, 0.25) is 0 Å². The van der Waals surface area contributed by atoms with Gasteiger partial charge in [0, 0.05) is 24.1 Å². The Morgan fingerprint density at radius 1 is 1.30 bits per heavy atom. The Morgan fingerprint density at radius 3 is 2.35 bits per heavy atom. The maximum absolute atomic E-state index is 12.2. The number of benzene rings is 1. The van der Waals surface area contributed by atoms with Gasteiger partial charge in [-0.3, -0.25) is 4.90 Å². The first-order valence-electron chi connectivity index (χ1n) is 6.66. The van der Waals surface area contributed by atoms with E-state index in [0.29, 0.717) is 24.5 Å². The van der Waals surface area contributed by atoms with Crippen molar-refractivity contribution >= 4 is 25.8 Å². The monoisotopic (exact) mass is 361 g/mol. The molecule has 2 rings (SSSR count). The molecule has 1 heterocycles. The molecule has 0 spiro atoms. The minimum Gasteiger partial charge on any atom is -0.387 e. The Hall–Kier alpha value is -0.430. The maximum Gasteiger partial charge on any atom is 0.179 e. The van der Waals surface area contributed by atoms with Gasteiger partial charge in [0.25, 0.3) is 0 Å². The van der Waals surface area contributed by atoms with Crippen LogP contribution in [0, 0.1) is 5.92 Å². The molecular weight excluding hydrogens is 342 g/mol. The van der Waals surface area contributed by atoms with Gasteiger partial charge in [-0.15, -0.1) is 0 Å². The van der Waals surface area contributed by atoms with Crippen molar-refractivity contribution in [1.29, 1.82) is 0 Å². The largest absolute Gasteiger partial charge is 0.387 e. The number of hydrogen-bond acceptors (Lipinski definition) is 4. The molecule has 1 fully saturated rings. The predicted octanol–water partition coefficient (Wildman–Crippen LogP) is 1.93. The molecule has 4 nitrogen and oxygen atoms in total. The Kier molecular flexibility index (Phi) is 4.59. The van der Waals surface area contributed by atoms with Gasteiger partial charge in [-0.2, -0.15) is 0 Å². The van der Waals surface area contributed by atoms with Crippen LogP contribution in [0.2, 0.25) is 0 Å². The Bertz CT molecular complexity index is 563. The molecule has 1 N–H and O–H groups in total. The van der Waals surface area contributed by atoms with Gasteiger partial charge >= 0.3 is 0 Å². The van der Waals surface area contributed by atoms with Crippen molar-refractivity contribution in [2.75, 3.05) is 25.4 Å². The summed E-state index contributed by atoms with van der Waals surface area (Å²) in [6.07, 6.45) is 0. The van der Waals surface area contributed by atoms with E-state index in [4.69, 9.17) is 0 Å². The average molecular weight is 362 g/mol. The number of nitrogens with zero attached hydrogens (tertiary/aromatic N) is 1. The molecule has 1 saturated heterocycles. The van der Waals surface area contributed by atoms with Crippen LogP contribution in [0.15, 0.2) is 33.6 Å². The maximum atomic E-state index is 12.2. The third kappa shape index (κ3) is 3.42. The van der Waals surface area contributed by atoms with Crippen molar-refractivity contribution in [2.24, 2.45) is 5.92 Å². The van der Waals surface area contributed by atoms with Gasteiger partial charge in [-0.05, 0) is 30.2 Å². The van der Waals surface area contributed by atoms with Crippen molar-refractivity contribution < 1.29 is 13.5 Å². The molecule has 0 amide bonds. The molecule has 20 heavy (non-hydrogen) atoms. The fourth-order valence-corrected chi connectivity index (χ4v) is 3.81. The smallest absolute Gasteiger partial charge is 0.179 e. The van der Waals surface area contributed by atoms with Crippen LogP contribution in [-0.2, 0) is 9.84 Å². The van der Waals surface area contributed by atoms with Crippen LogP contribution in [0.4, 0.5) is 0 Å². The second-order valence-electron chi connectivity index (χ2n) is 5.74. The van der Waals surface area contributed by atoms with Crippen LogP contribution in [0.5, 0.6) is 0 Å². The summed E-state index contributed by atoms with van der Waals surface area (Å²) in [7, 11) is -3.25. The fraction of sp³-hybridized carbons (Fsp3) is 0.571. The lowest BCUT2D eigenvalue weighted by atomic mass is 9.83. The molecule has 0 unspecified atom stereocenters. The van der Waals surface area contributed by atoms with E-state index in [1.807, 2.05) is 18.7 Å². The molecule has 1 aromatic rings. The predicted molar refractivity (Wildman–Crippen MR) is 82.4 cm³/mol. The van der Waals surface area contributed by atoms with E-state index < -0.39 is 15.4 Å². The number of sulfone groups is 1. The highest BCUT2D eigenvalue weighted by atomic mass is 79.9. The highest BCUT2D eigenvalue weighted by Gasteiger charge is 2.43. The molecule has 0 bridgehead atoms. The van der Waals surface area contributed by atoms with Gasteiger partial charge in [-0.1, -0.05) is 29.8 Å². The number of likely N-dealkylation sites (tertiary alicyclic amines) is 1. The van der Waals surface area contributed by atoms with Crippen LogP contribution >= 0.6 is 15.9 Å².